The zero-order valence-electron chi connectivity index (χ0n) is 13.4. The van der Waals surface area contributed by atoms with Crippen LogP contribution in [-0.2, 0) is 14.0 Å². The van der Waals surface area contributed by atoms with E-state index in [-0.39, 0.29) is 15.1 Å². The van der Waals surface area contributed by atoms with Crippen molar-refractivity contribution in [3.63, 3.8) is 0 Å². The molecule has 0 spiro atoms. The lowest BCUT2D eigenvalue weighted by atomic mass is 10.1. The van der Waals surface area contributed by atoms with Gasteiger partial charge in [-0.25, -0.2) is 4.79 Å². The summed E-state index contributed by atoms with van der Waals surface area (Å²) in [6.07, 6.45) is -0.545. The maximum Gasteiger partial charge on any atom is 0.351 e. The lowest BCUT2D eigenvalue weighted by molar-refractivity contribution is -0.0604. The standard InChI is InChI=1S/C13H23N3O5P2/c1-4-19-10-8(7-17)20-12(11(10)21-23-22)16-6-5-9(15(2)3)14-13(16)18/h5-6,8,10-12,17,23H,4,7,22H2,1-3H3/t8-,10+,11?,12-/m1/s1. The molecule has 0 amide bonds. The number of aromatic nitrogens is 2. The molecule has 3 unspecified atom stereocenters. The van der Waals surface area contributed by atoms with Crippen LogP contribution in [0.25, 0.3) is 0 Å². The molecular weight excluding hydrogens is 340 g/mol. The van der Waals surface area contributed by atoms with Gasteiger partial charge in [-0.2, -0.15) is 4.98 Å². The zero-order chi connectivity index (χ0) is 17.0. The SMILES string of the molecule is CCO[C@@H]1C(OPP)[C@H](n2ccc(N(C)C)nc2=O)O[C@@H]1CO. The molecule has 0 bridgehead atoms. The maximum atomic E-state index is 12.3. The molecule has 0 radical (unpaired) electrons. The molecule has 8 nitrogen and oxygen atoms in total. The first-order valence-electron chi connectivity index (χ1n) is 7.29. The molecule has 2 heterocycles. The molecule has 2 rings (SSSR count). The normalized spacial score (nSPS) is 27.9. The highest BCUT2D eigenvalue weighted by Crippen LogP contribution is 2.38. The molecule has 6 atom stereocenters. The van der Waals surface area contributed by atoms with E-state index in [2.05, 4.69) is 13.9 Å². The fraction of sp³-hybridized carbons (Fsp3) is 0.692. The number of anilines is 1. The van der Waals surface area contributed by atoms with Crippen LogP contribution in [0.3, 0.4) is 0 Å². The van der Waals surface area contributed by atoms with E-state index in [1.54, 1.807) is 17.2 Å². The van der Waals surface area contributed by atoms with Gasteiger partial charge in [0.2, 0.25) is 0 Å². The van der Waals surface area contributed by atoms with Crippen molar-refractivity contribution >= 4 is 23.2 Å². The van der Waals surface area contributed by atoms with Gasteiger partial charge in [0.1, 0.15) is 24.1 Å². The first-order chi connectivity index (χ1) is 11.0. The van der Waals surface area contributed by atoms with Gasteiger partial charge in [0.05, 0.1) is 6.61 Å². The van der Waals surface area contributed by atoms with E-state index in [4.69, 9.17) is 14.0 Å². The van der Waals surface area contributed by atoms with Crippen molar-refractivity contribution in [1.82, 2.24) is 9.55 Å². The summed E-state index contributed by atoms with van der Waals surface area (Å²) in [7, 11) is 6.25. The second-order valence-electron chi connectivity index (χ2n) is 5.24. The molecule has 0 aromatic carbocycles. The van der Waals surface area contributed by atoms with Gasteiger partial charge in [0.15, 0.2) is 6.23 Å². The monoisotopic (exact) mass is 363 g/mol. The summed E-state index contributed by atoms with van der Waals surface area (Å²) in [6.45, 7) is 2.12. The predicted molar refractivity (Wildman–Crippen MR) is 92.1 cm³/mol. The minimum absolute atomic E-state index is 0.126. The highest BCUT2D eigenvalue weighted by Gasteiger charge is 2.47. The van der Waals surface area contributed by atoms with E-state index in [9.17, 15) is 9.90 Å². The van der Waals surface area contributed by atoms with Crippen LogP contribution in [0.15, 0.2) is 17.1 Å². The van der Waals surface area contributed by atoms with Crippen molar-refractivity contribution < 1.29 is 19.1 Å². The fourth-order valence-electron chi connectivity index (χ4n) is 2.52. The van der Waals surface area contributed by atoms with Crippen LogP contribution in [0.2, 0.25) is 0 Å². The molecule has 1 aromatic rings. The molecule has 1 aliphatic heterocycles. The average Bonchev–Trinajstić information content (AvgIpc) is 2.86. The van der Waals surface area contributed by atoms with Crippen LogP contribution in [0, 0.1) is 0 Å². The Bertz CT molecular complexity index is 571. The smallest absolute Gasteiger partial charge is 0.351 e. The number of ether oxygens (including phenoxy) is 2. The van der Waals surface area contributed by atoms with Crippen molar-refractivity contribution in [2.45, 2.75) is 31.5 Å². The average molecular weight is 363 g/mol. The zero-order valence-corrected chi connectivity index (χ0v) is 15.5. The van der Waals surface area contributed by atoms with Crippen LogP contribution >= 0.6 is 17.4 Å². The molecule has 23 heavy (non-hydrogen) atoms. The molecule has 1 aliphatic rings. The Morgan fingerprint density at radius 2 is 2.26 bits per heavy atom. The summed E-state index contributed by atoms with van der Waals surface area (Å²) in [5.41, 5.74) is -0.435. The van der Waals surface area contributed by atoms with Crippen molar-refractivity contribution in [3.8, 4) is 0 Å². The van der Waals surface area contributed by atoms with Crippen LogP contribution in [0.1, 0.15) is 13.2 Å². The topological polar surface area (TPSA) is 86.1 Å². The highest BCUT2D eigenvalue weighted by atomic mass is 32.0. The summed E-state index contributed by atoms with van der Waals surface area (Å²) >= 11 is 0. The van der Waals surface area contributed by atoms with Gasteiger partial charge in [0, 0.05) is 35.4 Å². The highest BCUT2D eigenvalue weighted by molar-refractivity contribution is 8.00. The third kappa shape index (κ3) is 4.08. The quantitative estimate of drug-likeness (QED) is 0.701. The van der Waals surface area contributed by atoms with Gasteiger partial charge in [-0.3, -0.25) is 4.57 Å². The van der Waals surface area contributed by atoms with Crippen LogP contribution in [0.4, 0.5) is 5.82 Å². The Labute approximate surface area is 139 Å². The molecule has 1 fully saturated rings. The van der Waals surface area contributed by atoms with Crippen LogP contribution in [-0.4, -0.2) is 60.3 Å². The summed E-state index contributed by atoms with van der Waals surface area (Å²) in [4.78, 5) is 18.1. The second kappa shape index (κ2) is 8.47. The molecular formula is C13H23N3O5P2. The van der Waals surface area contributed by atoms with Crippen LogP contribution in [0.5, 0.6) is 0 Å². The predicted octanol–water partition coefficient (Wildman–Crippen LogP) is 0.373. The first-order valence-corrected chi connectivity index (χ1v) is 10.0. The lowest BCUT2D eigenvalue weighted by Crippen LogP contribution is -2.38. The number of nitrogens with zero attached hydrogens (tertiary/aromatic N) is 3. The van der Waals surface area contributed by atoms with E-state index in [1.165, 1.54) is 4.57 Å². The largest absolute Gasteiger partial charge is 0.394 e. The van der Waals surface area contributed by atoms with E-state index in [0.717, 1.165) is 0 Å². The third-order valence-corrected chi connectivity index (χ3v) is 4.39. The van der Waals surface area contributed by atoms with Crippen molar-refractivity contribution in [2.75, 3.05) is 32.2 Å². The Kier molecular flexibility index (Phi) is 6.89. The molecule has 130 valence electrons. The van der Waals surface area contributed by atoms with Gasteiger partial charge in [0.25, 0.3) is 0 Å². The summed E-state index contributed by atoms with van der Waals surface area (Å²) in [5.74, 6) is 0.565. The molecule has 0 aliphatic carbocycles. The first kappa shape index (κ1) is 18.7. The second-order valence-corrected chi connectivity index (χ2v) is 6.42. The van der Waals surface area contributed by atoms with E-state index in [1.807, 2.05) is 21.0 Å². The Morgan fingerprint density at radius 1 is 1.52 bits per heavy atom. The maximum absolute atomic E-state index is 12.3. The van der Waals surface area contributed by atoms with Gasteiger partial charge >= 0.3 is 5.69 Å². The minimum Gasteiger partial charge on any atom is -0.394 e. The van der Waals surface area contributed by atoms with Gasteiger partial charge in [-0.05, 0) is 13.0 Å². The number of hydrogen-bond donors (Lipinski definition) is 1. The van der Waals surface area contributed by atoms with Gasteiger partial charge in [-0.1, -0.05) is 8.93 Å². The minimum atomic E-state index is -0.687. The molecule has 0 saturated carbocycles. The number of rotatable bonds is 7. The lowest BCUT2D eigenvalue weighted by Gasteiger charge is -2.24. The number of aliphatic hydroxyl groups excluding tert-OH is 1. The van der Waals surface area contributed by atoms with Crippen molar-refractivity contribution in [2.24, 2.45) is 0 Å². The summed E-state index contributed by atoms with van der Waals surface area (Å²) in [5, 5.41) is 9.53. The van der Waals surface area contributed by atoms with Crippen LogP contribution < -0.4 is 10.6 Å². The Hall–Kier alpha value is -0.620. The van der Waals surface area contributed by atoms with E-state index in [0.29, 0.717) is 12.4 Å². The van der Waals surface area contributed by atoms with Crippen molar-refractivity contribution in [1.29, 1.82) is 0 Å². The van der Waals surface area contributed by atoms with E-state index >= 15 is 0 Å². The Balaban J connectivity index is 2.34. The molecule has 1 N–H and O–H groups in total. The molecule has 1 saturated heterocycles. The van der Waals surface area contributed by atoms with Crippen molar-refractivity contribution in [3.05, 3.63) is 22.7 Å². The van der Waals surface area contributed by atoms with Gasteiger partial charge in [-0.15, -0.1) is 0 Å². The Morgan fingerprint density at radius 3 is 2.78 bits per heavy atom. The molecule has 10 heteroatoms. The summed E-state index contributed by atoms with van der Waals surface area (Å²) < 4.78 is 18.6. The number of aliphatic hydroxyl groups is 1. The molecule has 1 aromatic heterocycles. The third-order valence-electron chi connectivity index (χ3n) is 3.58. The fourth-order valence-corrected chi connectivity index (χ4v) is 3.40. The summed E-state index contributed by atoms with van der Waals surface area (Å²) in [6, 6.07) is 1.73. The number of hydrogen-bond acceptors (Lipinski definition) is 7. The van der Waals surface area contributed by atoms with Gasteiger partial charge < -0.3 is 24.0 Å². The van der Waals surface area contributed by atoms with E-state index < -0.39 is 30.2 Å².